The summed E-state index contributed by atoms with van der Waals surface area (Å²) in [6.45, 7) is 3.36. The Labute approximate surface area is 151 Å². The molecule has 0 atom stereocenters. The Bertz CT molecular complexity index is 635. The second-order valence-electron chi connectivity index (χ2n) is 6.70. The van der Waals surface area contributed by atoms with Gasteiger partial charge in [0.15, 0.2) is 0 Å². The zero-order valence-electron chi connectivity index (χ0n) is 15.2. The van der Waals surface area contributed by atoms with Crippen LogP contribution in [0.15, 0.2) is 29.2 Å². The van der Waals surface area contributed by atoms with Crippen molar-refractivity contribution >= 4 is 21.6 Å². The number of rotatable bonds is 9. The van der Waals surface area contributed by atoms with E-state index in [0.29, 0.717) is 30.1 Å². The molecule has 6 heteroatoms. The van der Waals surface area contributed by atoms with E-state index < -0.39 is 10.0 Å². The lowest BCUT2D eigenvalue weighted by atomic mass is 10.1. The highest BCUT2D eigenvalue weighted by molar-refractivity contribution is 7.89. The van der Waals surface area contributed by atoms with E-state index in [1.165, 1.54) is 19.3 Å². The van der Waals surface area contributed by atoms with E-state index >= 15 is 0 Å². The third-order valence-electron chi connectivity index (χ3n) is 4.60. The van der Waals surface area contributed by atoms with Crippen LogP contribution in [-0.2, 0) is 14.8 Å². The van der Waals surface area contributed by atoms with Crippen molar-refractivity contribution in [2.45, 2.75) is 69.6 Å². The summed E-state index contributed by atoms with van der Waals surface area (Å²) in [5.41, 5.74) is 0.649. The molecule has 0 aromatic heterocycles. The fourth-order valence-electron chi connectivity index (χ4n) is 3.08. The molecule has 0 saturated carbocycles. The number of anilines is 1. The fourth-order valence-corrected chi connectivity index (χ4v) is 4.59. The van der Waals surface area contributed by atoms with Gasteiger partial charge < -0.3 is 5.32 Å². The van der Waals surface area contributed by atoms with Gasteiger partial charge >= 0.3 is 0 Å². The number of nitrogens with one attached hydrogen (secondary N) is 1. The maximum absolute atomic E-state index is 12.6. The van der Waals surface area contributed by atoms with Crippen LogP contribution >= 0.6 is 0 Å². The fraction of sp³-hybridized carbons (Fsp3) is 0.632. The van der Waals surface area contributed by atoms with Gasteiger partial charge in [-0.25, -0.2) is 8.42 Å². The molecule has 1 aliphatic rings. The quantitative estimate of drug-likeness (QED) is 0.667. The average molecular weight is 367 g/mol. The van der Waals surface area contributed by atoms with Gasteiger partial charge in [0.2, 0.25) is 15.9 Å². The Kier molecular flexibility index (Phi) is 7.90. The summed E-state index contributed by atoms with van der Waals surface area (Å²) in [5.74, 6) is -0.0110. The summed E-state index contributed by atoms with van der Waals surface area (Å²) < 4.78 is 26.7. The van der Waals surface area contributed by atoms with Gasteiger partial charge in [0.05, 0.1) is 4.90 Å². The molecule has 140 valence electrons. The van der Waals surface area contributed by atoms with Crippen molar-refractivity contribution in [2.75, 3.05) is 18.4 Å². The van der Waals surface area contributed by atoms with Gasteiger partial charge in [-0.05, 0) is 43.5 Å². The van der Waals surface area contributed by atoms with Gasteiger partial charge in [0, 0.05) is 25.2 Å². The Morgan fingerprint density at radius 2 is 1.64 bits per heavy atom. The van der Waals surface area contributed by atoms with Crippen molar-refractivity contribution in [3.8, 4) is 0 Å². The number of benzene rings is 1. The van der Waals surface area contributed by atoms with E-state index in [4.69, 9.17) is 0 Å². The van der Waals surface area contributed by atoms with Crippen LogP contribution in [0, 0.1) is 0 Å². The van der Waals surface area contributed by atoms with Crippen LogP contribution in [0.5, 0.6) is 0 Å². The normalized spacial score (nSPS) is 15.9. The van der Waals surface area contributed by atoms with E-state index in [-0.39, 0.29) is 5.91 Å². The molecule has 0 aliphatic carbocycles. The van der Waals surface area contributed by atoms with Crippen LogP contribution in [0.2, 0.25) is 0 Å². The third kappa shape index (κ3) is 6.12. The van der Waals surface area contributed by atoms with E-state index in [9.17, 15) is 13.2 Å². The summed E-state index contributed by atoms with van der Waals surface area (Å²) in [7, 11) is -3.41. The minimum Gasteiger partial charge on any atom is -0.326 e. The van der Waals surface area contributed by atoms with Gasteiger partial charge in [0.1, 0.15) is 0 Å². The molecule has 1 amide bonds. The molecule has 1 aromatic rings. The van der Waals surface area contributed by atoms with Crippen LogP contribution in [0.4, 0.5) is 5.69 Å². The Hall–Kier alpha value is -1.40. The summed E-state index contributed by atoms with van der Waals surface area (Å²) >= 11 is 0. The van der Waals surface area contributed by atoms with Crippen molar-refractivity contribution in [2.24, 2.45) is 0 Å². The number of unbranched alkanes of at least 4 members (excludes halogenated alkanes) is 4. The molecule has 0 unspecified atom stereocenters. The number of sulfonamides is 1. The number of piperidine rings is 1. The molecule has 2 rings (SSSR count). The van der Waals surface area contributed by atoms with Crippen molar-refractivity contribution in [3.63, 3.8) is 0 Å². The van der Waals surface area contributed by atoms with E-state index in [1.807, 2.05) is 0 Å². The average Bonchev–Trinajstić information content (AvgIpc) is 2.63. The third-order valence-corrected chi connectivity index (χ3v) is 6.51. The van der Waals surface area contributed by atoms with Gasteiger partial charge in [-0.15, -0.1) is 0 Å². The van der Waals surface area contributed by atoms with Gasteiger partial charge in [-0.1, -0.05) is 39.0 Å². The Balaban J connectivity index is 1.85. The molecule has 1 aromatic carbocycles. The summed E-state index contributed by atoms with van der Waals surface area (Å²) in [5, 5.41) is 2.84. The van der Waals surface area contributed by atoms with Crippen molar-refractivity contribution in [3.05, 3.63) is 24.3 Å². The highest BCUT2D eigenvalue weighted by Crippen LogP contribution is 2.22. The van der Waals surface area contributed by atoms with Crippen LogP contribution in [0.25, 0.3) is 0 Å². The Morgan fingerprint density at radius 3 is 2.28 bits per heavy atom. The molecule has 0 spiro atoms. The minimum absolute atomic E-state index is 0.0110. The lowest BCUT2D eigenvalue weighted by Crippen LogP contribution is -2.35. The van der Waals surface area contributed by atoms with Crippen LogP contribution in [0.3, 0.4) is 0 Å². The molecule has 1 saturated heterocycles. The molecule has 1 aliphatic heterocycles. The first-order chi connectivity index (χ1) is 12.0. The Morgan fingerprint density at radius 1 is 1.00 bits per heavy atom. The summed E-state index contributed by atoms with van der Waals surface area (Å²) in [4.78, 5) is 12.2. The van der Waals surface area contributed by atoms with Gasteiger partial charge in [-0.2, -0.15) is 4.31 Å². The number of hydrogen-bond acceptors (Lipinski definition) is 3. The topological polar surface area (TPSA) is 66.5 Å². The van der Waals surface area contributed by atoms with E-state index in [2.05, 4.69) is 12.2 Å². The highest BCUT2D eigenvalue weighted by Gasteiger charge is 2.25. The van der Waals surface area contributed by atoms with Crippen molar-refractivity contribution < 1.29 is 13.2 Å². The predicted molar refractivity (Wildman–Crippen MR) is 101 cm³/mol. The minimum atomic E-state index is -3.41. The lowest BCUT2D eigenvalue weighted by Gasteiger charge is -2.25. The van der Waals surface area contributed by atoms with E-state index in [1.54, 1.807) is 28.6 Å². The number of carbonyl (C=O) groups is 1. The maximum Gasteiger partial charge on any atom is 0.243 e. The van der Waals surface area contributed by atoms with Crippen LogP contribution < -0.4 is 5.32 Å². The molecule has 1 N–H and O–H groups in total. The number of hydrogen-bond donors (Lipinski definition) is 1. The number of amides is 1. The highest BCUT2D eigenvalue weighted by atomic mass is 32.2. The molecule has 0 radical (unpaired) electrons. The second kappa shape index (κ2) is 9.92. The largest absolute Gasteiger partial charge is 0.326 e. The molecular weight excluding hydrogens is 336 g/mol. The lowest BCUT2D eigenvalue weighted by molar-refractivity contribution is -0.116. The van der Waals surface area contributed by atoms with Gasteiger partial charge in [-0.3, -0.25) is 4.79 Å². The first-order valence-corrected chi connectivity index (χ1v) is 10.9. The zero-order chi connectivity index (χ0) is 18.1. The van der Waals surface area contributed by atoms with Gasteiger partial charge in [0.25, 0.3) is 0 Å². The first kappa shape index (κ1) is 19.9. The first-order valence-electron chi connectivity index (χ1n) is 9.44. The summed E-state index contributed by atoms with van der Waals surface area (Å²) in [6.07, 6.45) is 9.01. The maximum atomic E-state index is 12.6. The van der Waals surface area contributed by atoms with Crippen molar-refractivity contribution in [1.29, 1.82) is 0 Å². The van der Waals surface area contributed by atoms with E-state index in [0.717, 1.165) is 32.1 Å². The molecule has 1 fully saturated rings. The standard InChI is InChI=1S/C19H30N2O3S/c1-2-3-4-5-7-10-19(22)20-17-11-13-18(14-12-17)25(23,24)21-15-8-6-9-16-21/h11-14H,2-10,15-16H2,1H3,(H,20,22). The molecule has 1 heterocycles. The molecular formula is C19H30N2O3S. The number of carbonyl (C=O) groups excluding carboxylic acids is 1. The molecule has 5 nitrogen and oxygen atoms in total. The SMILES string of the molecule is CCCCCCCC(=O)Nc1ccc(S(=O)(=O)N2CCCCC2)cc1. The second-order valence-corrected chi connectivity index (χ2v) is 8.64. The molecule has 25 heavy (non-hydrogen) atoms. The van der Waals surface area contributed by atoms with Crippen molar-refractivity contribution in [1.82, 2.24) is 4.31 Å². The molecule has 0 bridgehead atoms. The smallest absolute Gasteiger partial charge is 0.243 e. The van der Waals surface area contributed by atoms with Crippen LogP contribution in [-0.4, -0.2) is 31.7 Å². The predicted octanol–water partition coefficient (Wildman–Crippen LogP) is 4.16. The monoisotopic (exact) mass is 366 g/mol. The van der Waals surface area contributed by atoms with Crippen LogP contribution in [0.1, 0.15) is 64.7 Å². The summed E-state index contributed by atoms with van der Waals surface area (Å²) in [6, 6.07) is 6.51. The zero-order valence-corrected chi connectivity index (χ0v) is 16.0. The number of nitrogens with zero attached hydrogens (tertiary/aromatic N) is 1.